The van der Waals surface area contributed by atoms with Gasteiger partial charge >= 0.3 is 6.03 Å². The summed E-state index contributed by atoms with van der Waals surface area (Å²) in [6, 6.07) is 9.43. The molecule has 0 aliphatic carbocycles. The molecule has 1 heterocycles. The second-order valence-electron chi connectivity index (χ2n) is 5.00. The number of nitrogens with zero attached hydrogens (tertiary/aromatic N) is 1. The van der Waals surface area contributed by atoms with Gasteiger partial charge < -0.3 is 5.32 Å². The first-order chi connectivity index (χ1) is 8.50. The van der Waals surface area contributed by atoms with Crippen molar-refractivity contribution in [3.63, 3.8) is 0 Å². The standard InChI is InChI=1S/C14H19N3O/c1-11(2)9-10-14(3)15-13(18)17(16-14)12-7-5-4-6-8-12/h4-8,16H,1,9-10H2,2-3H3,(H,15,18)/t14-/m0/s1. The summed E-state index contributed by atoms with van der Waals surface area (Å²) in [5.74, 6) is 0. The lowest BCUT2D eigenvalue weighted by Crippen LogP contribution is -2.48. The predicted octanol–water partition coefficient (Wildman–Crippen LogP) is 2.79. The van der Waals surface area contributed by atoms with E-state index in [1.807, 2.05) is 44.2 Å². The van der Waals surface area contributed by atoms with Crippen molar-refractivity contribution in [2.75, 3.05) is 5.01 Å². The van der Waals surface area contributed by atoms with Crippen molar-refractivity contribution in [1.82, 2.24) is 10.7 Å². The van der Waals surface area contributed by atoms with Crippen molar-refractivity contribution in [3.8, 4) is 0 Å². The number of hydrogen-bond donors (Lipinski definition) is 2. The lowest BCUT2D eigenvalue weighted by Gasteiger charge is -2.25. The van der Waals surface area contributed by atoms with Crippen LogP contribution in [0.1, 0.15) is 26.7 Å². The molecule has 2 amide bonds. The van der Waals surface area contributed by atoms with Crippen molar-refractivity contribution in [1.29, 1.82) is 0 Å². The topological polar surface area (TPSA) is 44.4 Å². The Labute approximate surface area is 108 Å². The fraction of sp³-hybridized carbons (Fsp3) is 0.357. The highest BCUT2D eigenvalue weighted by Crippen LogP contribution is 2.22. The molecule has 0 saturated carbocycles. The van der Waals surface area contributed by atoms with Crippen LogP contribution in [0.4, 0.5) is 10.5 Å². The van der Waals surface area contributed by atoms with Gasteiger partial charge in [0.2, 0.25) is 0 Å². The summed E-state index contributed by atoms with van der Waals surface area (Å²) in [5.41, 5.74) is 4.77. The van der Waals surface area contributed by atoms with E-state index < -0.39 is 5.66 Å². The maximum absolute atomic E-state index is 12.0. The molecule has 1 aromatic carbocycles. The molecule has 1 aliphatic heterocycles. The number of anilines is 1. The Hall–Kier alpha value is -1.81. The van der Waals surface area contributed by atoms with Gasteiger partial charge in [-0.1, -0.05) is 23.8 Å². The van der Waals surface area contributed by atoms with E-state index in [4.69, 9.17) is 0 Å². The average molecular weight is 245 g/mol. The van der Waals surface area contributed by atoms with Gasteiger partial charge in [0, 0.05) is 0 Å². The van der Waals surface area contributed by atoms with E-state index in [1.54, 1.807) is 5.01 Å². The zero-order chi connectivity index (χ0) is 13.2. The highest BCUT2D eigenvalue weighted by Gasteiger charge is 2.38. The average Bonchev–Trinajstić information content (AvgIpc) is 2.64. The lowest BCUT2D eigenvalue weighted by atomic mass is 10.0. The molecule has 1 fully saturated rings. The van der Waals surface area contributed by atoms with Crippen molar-refractivity contribution < 1.29 is 4.79 Å². The maximum Gasteiger partial charge on any atom is 0.338 e. The fourth-order valence-corrected chi connectivity index (χ4v) is 1.96. The summed E-state index contributed by atoms with van der Waals surface area (Å²) in [5, 5.41) is 4.52. The van der Waals surface area contributed by atoms with Crippen LogP contribution < -0.4 is 15.8 Å². The van der Waals surface area contributed by atoms with Crippen LogP contribution in [0, 0.1) is 0 Å². The van der Waals surface area contributed by atoms with Crippen LogP contribution in [0.25, 0.3) is 0 Å². The highest BCUT2D eigenvalue weighted by molar-refractivity contribution is 5.93. The van der Waals surface area contributed by atoms with Crippen LogP contribution in [0.15, 0.2) is 42.5 Å². The number of allylic oxidation sites excluding steroid dienone is 1. The fourth-order valence-electron chi connectivity index (χ4n) is 1.96. The molecule has 4 heteroatoms. The van der Waals surface area contributed by atoms with Gasteiger partial charge in [-0.3, -0.25) is 0 Å². The number of urea groups is 1. The van der Waals surface area contributed by atoms with Gasteiger partial charge in [0.15, 0.2) is 0 Å². The monoisotopic (exact) mass is 245 g/mol. The number of benzene rings is 1. The van der Waals surface area contributed by atoms with Crippen LogP contribution in [0.2, 0.25) is 0 Å². The molecular weight excluding hydrogens is 226 g/mol. The molecule has 4 nitrogen and oxygen atoms in total. The lowest BCUT2D eigenvalue weighted by molar-refractivity contribution is 0.246. The van der Waals surface area contributed by atoms with Crippen LogP contribution in [-0.2, 0) is 0 Å². The predicted molar refractivity (Wildman–Crippen MR) is 73.0 cm³/mol. The number of carbonyl (C=O) groups is 1. The number of carbonyl (C=O) groups excluding carboxylic acids is 1. The third-order valence-corrected chi connectivity index (χ3v) is 3.01. The van der Waals surface area contributed by atoms with Crippen LogP contribution in [0.3, 0.4) is 0 Å². The third kappa shape index (κ3) is 2.71. The Kier molecular flexibility index (Phi) is 3.39. The Morgan fingerprint density at radius 3 is 2.67 bits per heavy atom. The summed E-state index contributed by atoms with van der Waals surface area (Å²) in [6.07, 6.45) is 1.70. The summed E-state index contributed by atoms with van der Waals surface area (Å²) in [4.78, 5) is 12.0. The van der Waals surface area contributed by atoms with E-state index in [0.717, 1.165) is 24.1 Å². The van der Waals surface area contributed by atoms with Crippen LogP contribution in [0.5, 0.6) is 0 Å². The first-order valence-electron chi connectivity index (χ1n) is 6.10. The largest absolute Gasteiger partial charge is 0.338 e. The molecule has 96 valence electrons. The normalized spacial score (nSPS) is 23.0. The summed E-state index contributed by atoms with van der Waals surface area (Å²) < 4.78 is 0. The minimum Gasteiger partial charge on any atom is -0.317 e. The van der Waals surface area contributed by atoms with Crippen molar-refractivity contribution >= 4 is 11.7 Å². The van der Waals surface area contributed by atoms with E-state index in [1.165, 1.54) is 0 Å². The summed E-state index contributed by atoms with van der Waals surface area (Å²) in [6.45, 7) is 7.87. The Bertz CT molecular complexity index is 457. The van der Waals surface area contributed by atoms with Crippen molar-refractivity contribution in [3.05, 3.63) is 42.5 Å². The van der Waals surface area contributed by atoms with Crippen LogP contribution >= 0.6 is 0 Å². The Balaban J connectivity index is 2.09. The molecule has 1 aromatic rings. The van der Waals surface area contributed by atoms with Gasteiger partial charge in [-0.25, -0.2) is 15.2 Å². The zero-order valence-corrected chi connectivity index (χ0v) is 10.9. The maximum atomic E-state index is 12.0. The molecule has 0 spiro atoms. The van der Waals surface area contributed by atoms with Gasteiger partial charge in [0.1, 0.15) is 5.66 Å². The zero-order valence-electron chi connectivity index (χ0n) is 10.9. The van der Waals surface area contributed by atoms with E-state index in [9.17, 15) is 4.79 Å². The quantitative estimate of drug-likeness (QED) is 0.801. The first-order valence-corrected chi connectivity index (χ1v) is 6.10. The van der Waals surface area contributed by atoms with Crippen molar-refractivity contribution in [2.45, 2.75) is 32.4 Å². The van der Waals surface area contributed by atoms with Crippen LogP contribution in [-0.4, -0.2) is 11.7 Å². The smallest absolute Gasteiger partial charge is 0.317 e. The highest BCUT2D eigenvalue weighted by atomic mass is 16.2. The molecule has 1 aliphatic rings. The van der Waals surface area contributed by atoms with Gasteiger partial charge in [0.05, 0.1) is 5.69 Å². The summed E-state index contributed by atoms with van der Waals surface area (Å²) >= 11 is 0. The number of rotatable bonds is 4. The molecule has 0 aromatic heterocycles. The first kappa shape index (κ1) is 12.6. The van der Waals surface area contributed by atoms with E-state index >= 15 is 0 Å². The molecule has 18 heavy (non-hydrogen) atoms. The van der Waals surface area contributed by atoms with Gasteiger partial charge in [0.25, 0.3) is 0 Å². The van der Waals surface area contributed by atoms with Gasteiger partial charge in [-0.05, 0) is 38.8 Å². The number of hydrazine groups is 1. The van der Waals surface area contributed by atoms with E-state index in [2.05, 4.69) is 17.3 Å². The molecule has 1 saturated heterocycles. The third-order valence-electron chi connectivity index (χ3n) is 3.01. The molecule has 0 bridgehead atoms. The summed E-state index contributed by atoms with van der Waals surface area (Å²) in [7, 11) is 0. The minimum absolute atomic E-state index is 0.120. The molecular formula is C14H19N3O. The second-order valence-corrected chi connectivity index (χ2v) is 5.00. The molecule has 2 rings (SSSR count). The van der Waals surface area contributed by atoms with Crippen molar-refractivity contribution in [2.24, 2.45) is 0 Å². The number of hydrogen-bond acceptors (Lipinski definition) is 2. The molecule has 0 radical (unpaired) electrons. The van der Waals surface area contributed by atoms with E-state index in [0.29, 0.717) is 0 Å². The second kappa shape index (κ2) is 4.82. The Morgan fingerprint density at radius 1 is 1.39 bits per heavy atom. The number of para-hydroxylation sites is 1. The molecule has 2 N–H and O–H groups in total. The van der Waals surface area contributed by atoms with Gasteiger partial charge in [-0.15, -0.1) is 6.58 Å². The van der Waals surface area contributed by atoms with Gasteiger partial charge in [-0.2, -0.15) is 0 Å². The van der Waals surface area contributed by atoms with E-state index in [-0.39, 0.29) is 6.03 Å². The Morgan fingerprint density at radius 2 is 2.06 bits per heavy atom. The number of nitrogens with one attached hydrogen (secondary N) is 2. The number of amides is 2. The molecule has 0 unspecified atom stereocenters. The minimum atomic E-state index is -0.411. The SMILES string of the molecule is C=C(C)CC[C@@]1(C)NC(=O)N(c2ccccc2)N1. The molecule has 1 atom stereocenters.